The number of phenols is 1. The van der Waals surface area contributed by atoms with Gasteiger partial charge in [0, 0.05) is 30.7 Å². The van der Waals surface area contributed by atoms with Gasteiger partial charge in [-0.3, -0.25) is 9.69 Å². The number of benzene rings is 2. The summed E-state index contributed by atoms with van der Waals surface area (Å²) in [4.78, 5) is 32.9. The Labute approximate surface area is 228 Å². The molecule has 8 heteroatoms. The summed E-state index contributed by atoms with van der Waals surface area (Å²) in [5.41, 5.74) is 2.00. The first-order valence-corrected chi connectivity index (χ1v) is 14.6. The predicted molar refractivity (Wildman–Crippen MR) is 151 cm³/mol. The molecule has 3 fully saturated rings. The number of hydrogen-bond acceptors (Lipinski definition) is 6. The maximum Gasteiger partial charge on any atom is 0.339 e. The van der Waals surface area contributed by atoms with Crippen LogP contribution in [0.1, 0.15) is 92.6 Å². The molecule has 1 aromatic heterocycles. The van der Waals surface area contributed by atoms with E-state index >= 15 is 0 Å². The average Bonchev–Trinajstić information content (AvgIpc) is 3.16. The first-order valence-electron chi connectivity index (χ1n) is 14.6. The van der Waals surface area contributed by atoms with Gasteiger partial charge >= 0.3 is 5.97 Å². The summed E-state index contributed by atoms with van der Waals surface area (Å²) >= 11 is 0. The molecule has 1 unspecified atom stereocenters. The van der Waals surface area contributed by atoms with Crippen molar-refractivity contribution in [1.82, 2.24) is 14.5 Å². The summed E-state index contributed by atoms with van der Waals surface area (Å²) in [6, 6.07) is 14.2. The number of rotatable bonds is 6. The topological polar surface area (TPSA) is 108 Å². The van der Waals surface area contributed by atoms with Crippen molar-refractivity contribution in [2.24, 2.45) is 0 Å². The van der Waals surface area contributed by atoms with E-state index in [0.29, 0.717) is 23.7 Å². The second-order valence-corrected chi connectivity index (χ2v) is 11.6. The number of aromatic hydroxyl groups is 1. The third-order valence-corrected chi connectivity index (χ3v) is 9.17. The normalized spacial score (nSPS) is 24.4. The van der Waals surface area contributed by atoms with Crippen LogP contribution in [0.2, 0.25) is 0 Å². The number of anilines is 1. The van der Waals surface area contributed by atoms with Gasteiger partial charge in [-0.15, -0.1) is 0 Å². The summed E-state index contributed by atoms with van der Waals surface area (Å²) in [5.74, 6) is -1.20. The van der Waals surface area contributed by atoms with E-state index in [4.69, 9.17) is 0 Å². The molecule has 1 aliphatic carbocycles. The van der Waals surface area contributed by atoms with Gasteiger partial charge in [-0.2, -0.15) is 0 Å². The number of hydrogen-bond donors (Lipinski definition) is 3. The van der Waals surface area contributed by atoms with E-state index < -0.39 is 5.97 Å². The quantitative estimate of drug-likeness (QED) is 0.376. The van der Waals surface area contributed by atoms with Gasteiger partial charge < -0.3 is 20.1 Å². The number of carboxylic acids is 1. The van der Waals surface area contributed by atoms with Gasteiger partial charge in [0.25, 0.3) is 5.56 Å². The monoisotopic (exact) mass is 530 g/mol. The molecule has 3 aliphatic rings. The van der Waals surface area contributed by atoms with Gasteiger partial charge in [0.1, 0.15) is 11.3 Å². The highest BCUT2D eigenvalue weighted by molar-refractivity contribution is 5.91. The molecule has 6 rings (SSSR count). The summed E-state index contributed by atoms with van der Waals surface area (Å²) in [6.45, 7) is 0.229. The molecule has 3 aromatic rings. The van der Waals surface area contributed by atoms with Crippen molar-refractivity contribution in [2.75, 3.05) is 5.32 Å². The SMILES string of the molecule is O=C(O)c1cc(CNc2nc3ccccc3n(C3C[C@H]4CC[C@@H](C3)N4C3CCCCCCC3)c2=O)ccc1O. The molecule has 0 amide bonds. The lowest BCUT2D eigenvalue weighted by Crippen LogP contribution is -2.50. The molecule has 2 saturated heterocycles. The van der Waals surface area contributed by atoms with Crippen LogP contribution in [0, 0.1) is 0 Å². The highest BCUT2D eigenvalue weighted by Crippen LogP contribution is 2.44. The Hall–Kier alpha value is -3.39. The lowest BCUT2D eigenvalue weighted by Gasteiger charge is -2.45. The van der Waals surface area contributed by atoms with E-state index in [9.17, 15) is 19.8 Å². The Morgan fingerprint density at radius 2 is 1.59 bits per heavy atom. The number of aromatic nitrogens is 2. The van der Waals surface area contributed by atoms with Crippen LogP contribution in [0.5, 0.6) is 5.75 Å². The predicted octanol–water partition coefficient (Wildman–Crippen LogP) is 5.69. The number of aromatic carboxylic acids is 1. The first-order chi connectivity index (χ1) is 19.0. The van der Waals surface area contributed by atoms with E-state index in [2.05, 4.69) is 15.2 Å². The molecule has 206 valence electrons. The Morgan fingerprint density at radius 1 is 0.897 bits per heavy atom. The Kier molecular flexibility index (Phi) is 7.30. The minimum Gasteiger partial charge on any atom is -0.507 e. The van der Waals surface area contributed by atoms with E-state index in [1.54, 1.807) is 6.07 Å². The van der Waals surface area contributed by atoms with Crippen LogP contribution in [0.25, 0.3) is 11.0 Å². The Morgan fingerprint density at radius 3 is 2.31 bits per heavy atom. The molecule has 0 radical (unpaired) electrons. The van der Waals surface area contributed by atoms with Gasteiger partial charge in [0.15, 0.2) is 5.82 Å². The number of carbonyl (C=O) groups is 1. The summed E-state index contributed by atoms with van der Waals surface area (Å²) in [6.07, 6.45) is 13.8. The number of fused-ring (bicyclic) bond motifs is 3. The molecule has 8 nitrogen and oxygen atoms in total. The van der Waals surface area contributed by atoms with Gasteiger partial charge in [-0.1, -0.05) is 50.3 Å². The summed E-state index contributed by atoms with van der Waals surface area (Å²) in [5, 5.41) is 22.4. The molecule has 2 aliphatic heterocycles. The van der Waals surface area contributed by atoms with Crippen LogP contribution >= 0.6 is 0 Å². The van der Waals surface area contributed by atoms with E-state index in [1.807, 2.05) is 28.8 Å². The molecular formula is C31H38N4O4. The third kappa shape index (κ3) is 5.14. The standard InChI is InChI=1S/C31H38N4O4/c36-28-15-12-20(16-25(28)31(38)39)19-32-29-30(37)35(27-11-7-6-10-26(27)33-29)24-17-22-13-14-23(18-24)34(22)21-8-4-2-1-3-5-9-21/h6-7,10-12,15-16,21-24,36H,1-5,8-9,13-14,17-19H2,(H,32,33)(H,38,39)/t22-,23+,24?. The minimum atomic E-state index is -1.19. The first kappa shape index (κ1) is 25.9. The zero-order chi connectivity index (χ0) is 26.9. The fourth-order valence-electron chi connectivity index (χ4n) is 7.41. The lowest BCUT2D eigenvalue weighted by atomic mass is 9.89. The van der Waals surface area contributed by atoms with Crippen LogP contribution in [0.3, 0.4) is 0 Å². The maximum atomic E-state index is 13.9. The van der Waals surface area contributed by atoms with Gasteiger partial charge in [-0.05, 0) is 68.4 Å². The van der Waals surface area contributed by atoms with Crippen molar-refractivity contribution in [2.45, 2.75) is 101 Å². The zero-order valence-corrected chi connectivity index (χ0v) is 22.4. The molecule has 3 heterocycles. The number of nitrogens with zero attached hydrogens (tertiary/aromatic N) is 3. The van der Waals surface area contributed by atoms with Crippen LogP contribution in [-0.2, 0) is 6.54 Å². The summed E-state index contributed by atoms with van der Waals surface area (Å²) in [7, 11) is 0. The zero-order valence-electron chi connectivity index (χ0n) is 22.4. The van der Waals surface area contributed by atoms with Gasteiger partial charge in [-0.25, -0.2) is 9.78 Å². The number of nitrogens with one attached hydrogen (secondary N) is 1. The smallest absolute Gasteiger partial charge is 0.339 e. The molecule has 1 saturated carbocycles. The second-order valence-electron chi connectivity index (χ2n) is 11.6. The molecule has 2 bridgehead atoms. The van der Waals surface area contributed by atoms with Crippen LogP contribution in [0.15, 0.2) is 47.3 Å². The largest absolute Gasteiger partial charge is 0.507 e. The number of piperidine rings is 1. The number of carboxylic acid groups (broad SMARTS) is 1. The highest BCUT2D eigenvalue weighted by Gasteiger charge is 2.44. The molecular weight excluding hydrogens is 492 g/mol. The molecule has 0 spiro atoms. The van der Waals surface area contributed by atoms with Crippen molar-refractivity contribution in [1.29, 1.82) is 0 Å². The Bertz CT molecular complexity index is 1400. The van der Waals surface area contributed by atoms with Gasteiger partial charge in [0.05, 0.1) is 11.0 Å². The average molecular weight is 531 g/mol. The van der Waals surface area contributed by atoms with Crippen molar-refractivity contribution in [3.05, 3.63) is 63.9 Å². The second kappa shape index (κ2) is 11.0. The van der Waals surface area contributed by atoms with Crippen molar-refractivity contribution in [3.8, 4) is 5.75 Å². The maximum absolute atomic E-state index is 13.9. The van der Waals surface area contributed by atoms with E-state index in [0.717, 1.165) is 23.9 Å². The van der Waals surface area contributed by atoms with Crippen molar-refractivity contribution in [3.63, 3.8) is 0 Å². The van der Waals surface area contributed by atoms with E-state index in [-0.39, 0.29) is 35.3 Å². The van der Waals surface area contributed by atoms with Crippen LogP contribution in [0.4, 0.5) is 5.82 Å². The summed E-state index contributed by atoms with van der Waals surface area (Å²) < 4.78 is 1.98. The Balaban J connectivity index is 1.27. The molecule has 3 N–H and O–H groups in total. The minimum absolute atomic E-state index is 0.126. The fraction of sp³-hybridized carbons (Fsp3) is 0.516. The van der Waals surface area contributed by atoms with E-state index in [1.165, 1.54) is 69.9 Å². The third-order valence-electron chi connectivity index (χ3n) is 9.17. The molecule has 2 aromatic carbocycles. The molecule has 3 atom stereocenters. The lowest BCUT2D eigenvalue weighted by molar-refractivity contribution is 0.0498. The van der Waals surface area contributed by atoms with Crippen molar-refractivity contribution >= 4 is 22.8 Å². The van der Waals surface area contributed by atoms with Crippen LogP contribution in [-0.4, -0.2) is 48.8 Å². The van der Waals surface area contributed by atoms with Gasteiger partial charge in [0.2, 0.25) is 0 Å². The van der Waals surface area contributed by atoms with Crippen molar-refractivity contribution < 1.29 is 15.0 Å². The highest BCUT2D eigenvalue weighted by atomic mass is 16.4. The number of para-hydroxylation sites is 2. The fourth-order valence-corrected chi connectivity index (χ4v) is 7.41. The molecule has 39 heavy (non-hydrogen) atoms. The van der Waals surface area contributed by atoms with Crippen LogP contribution < -0.4 is 10.9 Å².